The van der Waals surface area contributed by atoms with Crippen LogP contribution < -0.4 is 20.9 Å². The summed E-state index contributed by atoms with van der Waals surface area (Å²) in [6, 6.07) is 6.39. The van der Waals surface area contributed by atoms with Gasteiger partial charge in [0.25, 0.3) is 0 Å². The second kappa shape index (κ2) is 11.7. The van der Waals surface area contributed by atoms with Crippen LogP contribution in [0.3, 0.4) is 0 Å². The SMILES string of the molecule is CC(C)c1cccc(C(C)C)c1N(C[C@H]1CC[C@@H](Nc2nc3c(c(N(C)C)n2)CCCC3)CC1)C(N)=O. The van der Waals surface area contributed by atoms with Crippen LogP contribution in [-0.4, -0.2) is 42.7 Å². The maximum atomic E-state index is 12.7. The molecule has 0 saturated heterocycles. The van der Waals surface area contributed by atoms with Gasteiger partial charge in [-0.2, -0.15) is 4.98 Å². The molecule has 2 aliphatic carbocycles. The predicted octanol–water partition coefficient (Wildman–Crippen LogP) is 6.22. The molecule has 7 nitrogen and oxygen atoms in total. The summed E-state index contributed by atoms with van der Waals surface area (Å²) >= 11 is 0. The highest BCUT2D eigenvalue weighted by atomic mass is 16.2. The van der Waals surface area contributed by atoms with E-state index in [1.807, 2.05) is 4.90 Å². The van der Waals surface area contributed by atoms with Crippen molar-refractivity contribution in [3.8, 4) is 0 Å². The molecular formula is C30H46N6O. The molecule has 1 heterocycles. The first-order valence-corrected chi connectivity index (χ1v) is 14.2. The van der Waals surface area contributed by atoms with Crippen molar-refractivity contribution in [1.29, 1.82) is 0 Å². The van der Waals surface area contributed by atoms with E-state index in [-0.39, 0.29) is 6.03 Å². The Labute approximate surface area is 223 Å². The largest absolute Gasteiger partial charge is 0.362 e. The Hall–Kier alpha value is -2.83. The molecule has 37 heavy (non-hydrogen) atoms. The standard InChI is InChI=1S/C30H46N6O/c1-19(2)23-11-9-12-24(20(3)4)27(23)36(29(31)37)18-21-14-16-22(17-15-21)32-30-33-26-13-8-7-10-25(26)28(34-30)35(5)6/h9,11-12,19-22H,7-8,10,13-18H2,1-6H3,(H2,31,37)(H,32,33,34)/t21-,22+. The lowest BCUT2D eigenvalue weighted by Crippen LogP contribution is -2.42. The van der Waals surface area contributed by atoms with E-state index in [9.17, 15) is 4.79 Å². The summed E-state index contributed by atoms with van der Waals surface area (Å²) in [6.45, 7) is 9.41. The van der Waals surface area contributed by atoms with Gasteiger partial charge in [0.1, 0.15) is 5.82 Å². The molecule has 7 heteroatoms. The van der Waals surface area contributed by atoms with Gasteiger partial charge in [-0.05, 0) is 80.2 Å². The normalized spacial score (nSPS) is 19.6. The fourth-order valence-electron chi connectivity index (χ4n) is 6.05. The summed E-state index contributed by atoms with van der Waals surface area (Å²) in [6.07, 6.45) is 8.71. The number of fused-ring (bicyclic) bond motifs is 1. The molecule has 1 aromatic carbocycles. The Morgan fingerprint density at radius 3 is 2.19 bits per heavy atom. The highest BCUT2D eigenvalue weighted by Crippen LogP contribution is 2.37. The molecule has 1 saturated carbocycles. The van der Waals surface area contributed by atoms with Crippen molar-refractivity contribution in [1.82, 2.24) is 9.97 Å². The molecule has 1 fully saturated rings. The second-order valence-corrected chi connectivity index (χ2v) is 11.8. The highest BCUT2D eigenvalue weighted by Gasteiger charge is 2.29. The number of urea groups is 1. The lowest BCUT2D eigenvalue weighted by atomic mass is 9.85. The monoisotopic (exact) mass is 506 g/mol. The van der Waals surface area contributed by atoms with Crippen LogP contribution >= 0.6 is 0 Å². The van der Waals surface area contributed by atoms with E-state index in [0.717, 1.165) is 56.0 Å². The Kier molecular flexibility index (Phi) is 8.60. The third kappa shape index (κ3) is 6.19. The first-order valence-electron chi connectivity index (χ1n) is 14.2. The maximum absolute atomic E-state index is 12.7. The number of carbonyl (C=O) groups excluding carboxylic acids is 1. The average molecular weight is 507 g/mol. The minimum atomic E-state index is -0.353. The van der Waals surface area contributed by atoms with E-state index >= 15 is 0 Å². The number of aryl methyl sites for hydroxylation is 1. The number of aromatic nitrogens is 2. The number of nitrogens with two attached hydrogens (primary N) is 1. The van der Waals surface area contributed by atoms with Gasteiger partial charge in [-0.1, -0.05) is 45.9 Å². The van der Waals surface area contributed by atoms with Gasteiger partial charge in [0, 0.05) is 32.2 Å². The summed E-state index contributed by atoms with van der Waals surface area (Å²) in [5, 5.41) is 3.65. The number of carbonyl (C=O) groups is 1. The minimum Gasteiger partial charge on any atom is -0.362 e. The van der Waals surface area contributed by atoms with Gasteiger partial charge in [-0.15, -0.1) is 0 Å². The number of hydrogen-bond acceptors (Lipinski definition) is 5. The van der Waals surface area contributed by atoms with Crippen LogP contribution in [0.15, 0.2) is 18.2 Å². The molecule has 202 valence electrons. The molecule has 0 radical (unpaired) electrons. The molecule has 2 aromatic rings. The van der Waals surface area contributed by atoms with Crippen LogP contribution in [0.25, 0.3) is 0 Å². The molecule has 4 rings (SSSR count). The van der Waals surface area contributed by atoms with Crippen LogP contribution in [0.5, 0.6) is 0 Å². The lowest BCUT2D eigenvalue weighted by Gasteiger charge is -2.35. The summed E-state index contributed by atoms with van der Waals surface area (Å²) in [4.78, 5) is 26.5. The van der Waals surface area contributed by atoms with Gasteiger partial charge >= 0.3 is 6.03 Å². The minimum absolute atomic E-state index is 0.319. The van der Waals surface area contributed by atoms with Gasteiger partial charge in [0.05, 0.1) is 11.4 Å². The summed E-state index contributed by atoms with van der Waals surface area (Å²) in [7, 11) is 4.14. The average Bonchev–Trinajstić information content (AvgIpc) is 2.87. The zero-order chi connectivity index (χ0) is 26.7. The van der Waals surface area contributed by atoms with Crippen molar-refractivity contribution in [3.05, 3.63) is 40.6 Å². The van der Waals surface area contributed by atoms with Gasteiger partial charge in [0.15, 0.2) is 0 Å². The molecule has 3 N–H and O–H groups in total. The number of anilines is 3. The van der Waals surface area contributed by atoms with E-state index in [4.69, 9.17) is 15.7 Å². The number of hydrogen-bond donors (Lipinski definition) is 2. The summed E-state index contributed by atoms with van der Waals surface area (Å²) in [5.74, 6) is 2.88. The quantitative estimate of drug-likeness (QED) is 0.443. The second-order valence-electron chi connectivity index (χ2n) is 11.8. The van der Waals surface area contributed by atoms with Crippen LogP contribution in [0.2, 0.25) is 0 Å². The van der Waals surface area contributed by atoms with Crippen molar-refractivity contribution in [2.45, 2.75) is 96.9 Å². The van der Waals surface area contributed by atoms with E-state index in [1.54, 1.807) is 0 Å². The molecule has 0 bridgehead atoms. The molecule has 0 atom stereocenters. The van der Waals surface area contributed by atoms with Crippen LogP contribution in [-0.2, 0) is 12.8 Å². The topological polar surface area (TPSA) is 87.4 Å². The zero-order valence-electron chi connectivity index (χ0n) is 23.7. The summed E-state index contributed by atoms with van der Waals surface area (Å²) < 4.78 is 0. The molecule has 2 aliphatic rings. The number of nitrogens with one attached hydrogen (secondary N) is 1. The molecule has 2 amide bonds. The van der Waals surface area contributed by atoms with Crippen LogP contribution in [0, 0.1) is 5.92 Å². The van der Waals surface area contributed by atoms with Crippen molar-refractivity contribution in [2.24, 2.45) is 11.7 Å². The number of para-hydroxylation sites is 1. The molecule has 0 spiro atoms. The first-order chi connectivity index (χ1) is 17.7. The number of benzene rings is 1. The van der Waals surface area contributed by atoms with E-state index in [2.05, 4.69) is 70.2 Å². The smallest absolute Gasteiger partial charge is 0.319 e. The van der Waals surface area contributed by atoms with Crippen LogP contribution in [0.4, 0.5) is 22.2 Å². The highest BCUT2D eigenvalue weighted by molar-refractivity contribution is 5.93. The zero-order valence-corrected chi connectivity index (χ0v) is 23.7. The molecule has 0 aliphatic heterocycles. The third-order valence-corrected chi connectivity index (χ3v) is 8.08. The van der Waals surface area contributed by atoms with E-state index in [1.165, 1.54) is 35.2 Å². The van der Waals surface area contributed by atoms with Gasteiger partial charge < -0.3 is 16.0 Å². The van der Waals surface area contributed by atoms with Crippen molar-refractivity contribution < 1.29 is 4.79 Å². The number of amides is 2. The lowest BCUT2D eigenvalue weighted by molar-refractivity contribution is 0.250. The van der Waals surface area contributed by atoms with Gasteiger partial charge in [-0.3, -0.25) is 4.90 Å². The fraction of sp³-hybridized carbons (Fsp3) is 0.633. The summed E-state index contributed by atoms with van der Waals surface area (Å²) in [5.41, 5.74) is 12.0. The van der Waals surface area contributed by atoms with Crippen molar-refractivity contribution in [2.75, 3.05) is 35.8 Å². The Morgan fingerprint density at radius 1 is 1.00 bits per heavy atom. The van der Waals surface area contributed by atoms with Crippen LogP contribution in [0.1, 0.15) is 100 Å². The first kappa shape index (κ1) is 27.2. The fourth-order valence-corrected chi connectivity index (χ4v) is 6.05. The van der Waals surface area contributed by atoms with Gasteiger partial charge in [-0.25, -0.2) is 9.78 Å². The molecule has 1 aromatic heterocycles. The van der Waals surface area contributed by atoms with E-state index < -0.39 is 0 Å². The number of primary amides is 1. The Morgan fingerprint density at radius 2 is 1.62 bits per heavy atom. The van der Waals surface area contributed by atoms with Gasteiger partial charge in [0.2, 0.25) is 5.95 Å². The Bertz CT molecular complexity index is 1060. The Balaban J connectivity index is 1.45. The van der Waals surface area contributed by atoms with E-state index in [0.29, 0.717) is 30.3 Å². The molecule has 0 unspecified atom stereocenters. The maximum Gasteiger partial charge on any atom is 0.319 e. The third-order valence-electron chi connectivity index (χ3n) is 8.08. The van der Waals surface area contributed by atoms with Crippen molar-refractivity contribution in [3.63, 3.8) is 0 Å². The number of rotatable bonds is 8. The number of nitrogens with zero attached hydrogens (tertiary/aromatic N) is 4. The van der Waals surface area contributed by atoms with Crippen molar-refractivity contribution >= 4 is 23.5 Å². The molecular weight excluding hydrogens is 460 g/mol. The predicted molar refractivity (Wildman–Crippen MR) is 154 cm³/mol.